The molecule has 54 valence electrons. The summed E-state index contributed by atoms with van der Waals surface area (Å²) in [6.07, 6.45) is 1.65. The molecule has 0 aliphatic rings. The third kappa shape index (κ3) is 1.09. The van der Waals surface area contributed by atoms with E-state index in [1.165, 1.54) is 3.97 Å². The second-order valence-corrected chi connectivity index (χ2v) is 2.70. The Balaban J connectivity index is 3.50. The van der Waals surface area contributed by atoms with Crippen molar-refractivity contribution in [1.29, 1.82) is 0 Å². The highest BCUT2D eigenvalue weighted by atomic mass is 32.1. The first-order valence-electron chi connectivity index (χ1n) is 3.01. The summed E-state index contributed by atoms with van der Waals surface area (Å²) >= 11 is 3.92. The van der Waals surface area contributed by atoms with Gasteiger partial charge >= 0.3 is 0 Å². The van der Waals surface area contributed by atoms with Crippen LogP contribution < -0.4 is 5.56 Å². The van der Waals surface area contributed by atoms with Crippen LogP contribution in [0.25, 0.3) is 0 Å². The largest absolute Gasteiger partial charge is 0.268 e. The molecule has 1 rings (SSSR count). The molecule has 3 heteroatoms. The van der Waals surface area contributed by atoms with Gasteiger partial charge in [-0.15, -0.1) is 0 Å². The zero-order valence-electron chi connectivity index (χ0n) is 5.96. The van der Waals surface area contributed by atoms with Gasteiger partial charge in [0.25, 0.3) is 5.56 Å². The molecule has 0 N–H and O–H groups in total. The van der Waals surface area contributed by atoms with Crippen LogP contribution in [0.3, 0.4) is 0 Å². The van der Waals surface area contributed by atoms with Crippen LogP contribution in [0.15, 0.2) is 17.1 Å². The van der Waals surface area contributed by atoms with Gasteiger partial charge < -0.3 is 0 Å². The van der Waals surface area contributed by atoms with Crippen molar-refractivity contribution in [2.24, 2.45) is 0 Å². The Morgan fingerprint density at radius 1 is 1.50 bits per heavy atom. The number of aryl methyl sites for hydroxylation is 1. The van der Waals surface area contributed by atoms with Crippen molar-refractivity contribution in [3.8, 4) is 0 Å². The molecule has 2 nitrogen and oxygen atoms in total. The highest BCUT2D eigenvalue weighted by Gasteiger charge is 1.97. The van der Waals surface area contributed by atoms with Gasteiger partial charge in [0.05, 0.1) is 0 Å². The maximum absolute atomic E-state index is 11.1. The predicted octanol–water partition coefficient (Wildman–Crippen LogP) is 1.16. The van der Waals surface area contributed by atoms with Crippen molar-refractivity contribution < 1.29 is 0 Å². The average Bonchev–Trinajstić information content (AvgIpc) is 1.93. The van der Waals surface area contributed by atoms with E-state index in [1.54, 1.807) is 13.1 Å². The van der Waals surface area contributed by atoms with Gasteiger partial charge in [-0.05, 0) is 25.5 Å². The van der Waals surface area contributed by atoms with Gasteiger partial charge in [-0.25, -0.2) is 0 Å². The molecular formula is C7H9NOS. The summed E-state index contributed by atoms with van der Waals surface area (Å²) in [4.78, 5) is 11.1. The van der Waals surface area contributed by atoms with E-state index < -0.39 is 0 Å². The fourth-order valence-corrected chi connectivity index (χ4v) is 0.932. The van der Waals surface area contributed by atoms with Crippen LogP contribution in [-0.2, 0) is 0 Å². The number of nitrogens with zero attached hydrogens (tertiary/aromatic N) is 1. The minimum Gasteiger partial charge on any atom is -0.268 e. The molecule has 0 bridgehead atoms. The van der Waals surface area contributed by atoms with E-state index in [0.717, 1.165) is 11.1 Å². The number of rotatable bonds is 0. The fourth-order valence-electron chi connectivity index (χ4n) is 0.716. The molecule has 0 aliphatic carbocycles. The molecule has 1 aromatic heterocycles. The van der Waals surface area contributed by atoms with Crippen molar-refractivity contribution in [3.63, 3.8) is 0 Å². The van der Waals surface area contributed by atoms with E-state index in [4.69, 9.17) is 0 Å². The van der Waals surface area contributed by atoms with Crippen molar-refractivity contribution in [2.75, 3.05) is 0 Å². The predicted molar refractivity (Wildman–Crippen MR) is 44.6 cm³/mol. The maximum atomic E-state index is 11.1. The Morgan fingerprint density at radius 3 is 2.60 bits per heavy atom. The summed E-state index contributed by atoms with van der Waals surface area (Å²) in [5.41, 5.74) is 1.73. The maximum Gasteiger partial charge on any atom is 0.263 e. The SMILES string of the molecule is Cc1ccn(S)c(=O)c1C. The Morgan fingerprint density at radius 2 is 2.10 bits per heavy atom. The van der Waals surface area contributed by atoms with E-state index in [9.17, 15) is 4.79 Å². The first-order valence-corrected chi connectivity index (χ1v) is 3.41. The lowest BCUT2D eigenvalue weighted by Gasteiger charge is -1.99. The van der Waals surface area contributed by atoms with E-state index in [-0.39, 0.29) is 5.56 Å². The summed E-state index contributed by atoms with van der Waals surface area (Å²) in [5, 5.41) is 0. The van der Waals surface area contributed by atoms with Crippen LogP contribution in [0, 0.1) is 13.8 Å². The second kappa shape index (κ2) is 2.50. The van der Waals surface area contributed by atoms with Gasteiger partial charge in [-0.2, -0.15) is 0 Å². The minimum absolute atomic E-state index is 0.0386. The van der Waals surface area contributed by atoms with E-state index >= 15 is 0 Å². The van der Waals surface area contributed by atoms with Crippen molar-refractivity contribution >= 4 is 12.8 Å². The molecule has 0 saturated carbocycles. The van der Waals surface area contributed by atoms with Crippen LogP contribution in [0.1, 0.15) is 11.1 Å². The number of hydrogen-bond donors (Lipinski definition) is 1. The molecule has 0 aliphatic heterocycles. The first kappa shape index (κ1) is 7.41. The Kier molecular flexibility index (Phi) is 1.85. The van der Waals surface area contributed by atoms with E-state index in [2.05, 4.69) is 12.8 Å². The van der Waals surface area contributed by atoms with Gasteiger partial charge in [-0.1, -0.05) is 12.8 Å². The van der Waals surface area contributed by atoms with Gasteiger partial charge in [-0.3, -0.25) is 8.77 Å². The lowest BCUT2D eigenvalue weighted by Crippen LogP contribution is -2.15. The average molecular weight is 155 g/mol. The van der Waals surface area contributed by atoms with Gasteiger partial charge in [0.15, 0.2) is 0 Å². The molecule has 0 fully saturated rings. The van der Waals surface area contributed by atoms with Crippen LogP contribution >= 0.6 is 12.8 Å². The highest BCUT2D eigenvalue weighted by molar-refractivity contribution is 7.78. The lowest BCUT2D eigenvalue weighted by molar-refractivity contribution is 1.09. The topological polar surface area (TPSA) is 22.0 Å². The number of hydrogen-bond acceptors (Lipinski definition) is 2. The van der Waals surface area contributed by atoms with Gasteiger partial charge in [0.2, 0.25) is 0 Å². The van der Waals surface area contributed by atoms with Gasteiger partial charge in [0.1, 0.15) is 0 Å². The second-order valence-electron chi connectivity index (χ2n) is 2.27. The summed E-state index contributed by atoms with van der Waals surface area (Å²) in [6.45, 7) is 3.70. The molecule has 0 radical (unpaired) electrons. The normalized spacial score (nSPS) is 9.90. The quantitative estimate of drug-likeness (QED) is 0.558. The summed E-state index contributed by atoms with van der Waals surface area (Å²) < 4.78 is 1.28. The standard InChI is InChI=1S/C7H9NOS/c1-5-3-4-8(10)7(9)6(5)2/h3-4,10H,1-2H3. The van der Waals surface area contributed by atoms with Crippen molar-refractivity contribution in [1.82, 2.24) is 3.97 Å². The van der Waals surface area contributed by atoms with E-state index in [1.807, 2.05) is 13.0 Å². The Hall–Kier alpha value is -0.700. The summed E-state index contributed by atoms with van der Waals surface area (Å²) in [6, 6.07) is 1.86. The summed E-state index contributed by atoms with van der Waals surface area (Å²) in [7, 11) is 0. The molecule has 0 unspecified atom stereocenters. The lowest BCUT2D eigenvalue weighted by atomic mass is 10.2. The third-order valence-electron chi connectivity index (χ3n) is 1.59. The van der Waals surface area contributed by atoms with Gasteiger partial charge in [0, 0.05) is 11.8 Å². The number of thiol groups is 1. The molecule has 10 heavy (non-hydrogen) atoms. The van der Waals surface area contributed by atoms with Crippen LogP contribution in [-0.4, -0.2) is 3.97 Å². The Labute approximate surface area is 65.0 Å². The zero-order valence-corrected chi connectivity index (χ0v) is 6.85. The number of pyridine rings is 1. The van der Waals surface area contributed by atoms with E-state index in [0.29, 0.717) is 0 Å². The molecule has 1 heterocycles. The minimum atomic E-state index is -0.0386. The highest BCUT2D eigenvalue weighted by Crippen LogP contribution is 1.98. The van der Waals surface area contributed by atoms with Crippen molar-refractivity contribution in [2.45, 2.75) is 13.8 Å². The molecule has 0 spiro atoms. The molecule has 1 aromatic rings. The summed E-state index contributed by atoms with van der Waals surface area (Å²) in [5.74, 6) is 0. The molecule has 0 aromatic carbocycles. The van der Waals surface area contributed by atoms with Crippen LogP contribution in [0.5, 0.6) is 0 Å². The fraction of sp³-hybridized carbons (Fsp3) is 0.286. The van der Waals surface area contributed by atoms with Crippen LogP contribution in [0.4, 0.5) is 0 Å². The molecule has 0 amide bonds. The zero-order chi connectivity index (χ0) is 7.72. The molecule has 0 atom stereocenters. The van der Waals surface area contributed by atoms with Crippen molar-refractivity contribution in [3.05, 3.63) is 33.7 Å². The molecular weight excluding hydrogens is 146 g/mol. The first-order chi connectivity index (χ1) is 4.63. The Bertz CT molecular complexity index is 303. The molecule has 0 saturated heterocycles. The monoisotopic (exact) mass is 155 g/mol. The number of aromatic nitrogens is 1. The smallest absolute Gasteiger partial charge is 0.263 e. The third-order valence-corrected chi connectivity index (χ3v) is 1.90. The van der Waals surface area contributed by atoms with Crippen LogP contribution in [0.2, 0.25) is 0 Å².